The van der Waals surface area contributed by atoms with Gasteiger partial charge in [0.25, 0.3) is 0 Å². The second kappa shape index (κ2) is 9.94. The molecule has 0 bridgehead atoms. The van der Waals surface area contributed by atoms with E-state index in [4.69, 9.17) is 4.74 Å². The molecular formula is C27H32N4O2. The molecule has 1 unspecified atom stereocenters. The summed E-state index contributed by atoms with van der Waals surface area (Å²) in [6, 6.07) is 19.4. The van der Waals surface area contributed by atoms with Gasteiger partial charge in [-0.25, -0.2) is 4.79 Å². The van der Waals surface area contributed by atoms with Crippen LogP contribution in [0, 0.1) is 5.41 Å². The van der Waals surface area contributed by atoms with Gasteiger partial charge in [-0.2, -0.15) is 0 Å². The molecule has 3 aromatic rings. The molecule has 2 aromatic carbocycles. The molecule has 0 radical (unpaired) electrons. The van der Waals surface area contributed by atoms with Crippen LogP contribution in [0.3, 0.4) is 0 Å². The average molecular weight is 445 g/mol. The van der Waals surface area contributed by atoms with Gasteiger partial charge < -0.3 is 20.3 Å². The smallest absolute Gasteiger partial charge is 0.319 e. The number of rotatable bonds is 7. The summed E-state index contributed by atoms with van der Waals surface area (Å²) in [7, 11) is 0. The van der Waals surface area contributed by atoms with E-state index in [1.54, 1.807) is 12.4 Å². The van der Waals surface area contributed by atoms with Crippen molar-refractivity contribution in [1.29, 1.82) is 0 Å². The maximum Gasteiger partial charge on any atom is 0.319 e. The SMILES string of the molecule is CC(C)(C)C(NC(=O)Nc1ccc(N2CCC2)cc1OCc1ccccc1)c1cccnc1. The van der Waals surface area contributed by atoms with Crippen molar-refractivity contribution in [2.24, 2.45) is 5.41 Å². The molecule has 0 spiro atoms. The monoisotopic (exact) mass is 444 g/mol. The van der Waals surface area contributed by atoms with Crippen LogP contribution in [0.25, 0.3) is 0 Å². The zero-order chi connectivity index (χ0) is 23.3. The van der Waals surface area contributed by atoms with Crippen molar-refractivity contribution in [3.8, 4) is 5.75 Å². The van der Waals surface area contributed by atoms with Crippen molar-refractivity contribution < 1.29 is 9.53 Å². The Bertz CT molecular complexity index is 1060. The molecule has 1 fully saturated rings. The van der Waals surface area contributed by atoms with Gasteiger partial charge in [-0.1, -0.05) is 57.2 Å². The van der Waals surface area contributed by atoms with Crippen LogP contribution < -0.4 is 20.3 Å². The lowest BCUT2D eigenvalue weighted by Gasteiger charge is -2.34. The molecule has 0 aliphatic carbocycles. The van der Waals surface area contributed by atoms with Crippen LogP contribution in [0.2, 0.25) is 0 Å². The number of nitrogens with zero attached hydrogens (tertiary/aromatic N) is 2. The largest absolute Gasteiger partial charge is 0.487 e. The molecule has 1 aliphatic rings. The molecule has 1 aliphatic heterocycles. The number of aromatic nitrogens is 1. The minimum Gasteiger partial charge on any atom is -0.487 e. The van der Waals surface area contributed by atoms with Gasteiger partial charge in [-0.15, -0.1) is 0 Å². The predicted molar refractivity (Wildman–Crippen MR) is 133 cm³/mol. The summed E-state index contributed by atoms with van der Waals surface area (Å²) in [5, 5.41) is 6.13. The second-order valence-corrected chi connectivity index (χ2v) is 9.48. The molecule has 2 amide bonds. The zero-order valence-corrected chi connectivity index (χ0v) is 19.5. The molecule has 0 saturated carbocycles. The number of carbonyl (C=O) groups is 1. The van der Waals surface area contributed by atoms with E-state index in [0.717, 1.165) is 29.9 Å². The Kier molecular flexibility index (Phi) is 6.82. The summed E-state index contributed by atoms with van der Waals surface area (Å²) >= 11 is 0. The van der Waals surface area contributed by atoms with Gasteiger partial charge in [0.2, 0.25) is 0 Å². The summed E-state index contributed by atoms with van der Waals surface area (Å²) in [6.07, 6.45) is 4.73. The van der Waals surface area contributed by atoms with Crippen molar-refractivity contribution in [1.82, 2.24) is 10.3 Å². The van der Waals surface area contributed by atoms with Crippen molar-refractivity contribution in [3.63, 3.8) is 0 Å². The number of urea groups is 1. The highest BCUT2D eigenvalue weighted by molar-refractivity contribution is 5.91. The third-order valence-corrected chi connectivity index (χ3v) is 5.83. The third kappa shape index (κ3) is 5.83. The number of anilines is 2. The van der Waals surface area contributed by atoms with Gasteiger partial charge in [0.05, 0.1) is 11.7 Å². The lowest BCUT2D eigenvalue weighted by Crippen LogP contribution is -2.39. The van der Waals surface area contributed by atoms with Gasteiger partial charge in [0.15, 0.2) is 0 Å². The van der Waals surface area contributed by atoms with Crippen LogP contribution >= 0.6 is 0 Å². The Balaban J connectivity index is 1.52. The predicted octanol–water partition coefficient (Wildman–Crippen LogP) is 5.78. The van der Waals surface area contributed by atoms with Crippen LogP contribution in [0.1, 0.15) is 44.4 Å². The van der Waals surface area contributed by atoms with Crippen LogP contribution in [0.5, 0.6) is 5.75 Å². The Hall–Kier alpha value is -3.54. The number of nitrogens with one attached hydrogen (secondary N) is 2. The first-order valence-electron chi connectivity index (χ1n) is 11.4. The molecule has 2 heterocycles. The molecule has 1 aromatic heterocycles. The Morgan fingerprint density at radius 1 is 1.09 bits per heavy atom. The van der Waals surface area contributed by atoms with E-state index < -0.39 is 0 Å². The average Bonchev–Trinajstić information content (AvgIpc) is 2.77. The maximum absolute atomic E-state index is 13.0. The summed E-state index contributed by atoms with van der Waals surface area (Å²) in [5.41, 5.74) is 3.61. The van der Waals surface area contributed by atoms with Crippen molar-refractivity contribution in [2.45, 2.75) is 39.8 Å². The maximum atomic E-state index is 13.0. The van der Waals surface area contributed by atoms with Gasteiger partial charge in [0, 0.05) is 37.2 Å². The Morgan fingerprint density at radius 3 is 2.52 bits per heavy atom. The molecule has 6 nitrogen and oxygen atoms in total. The van der Waals surface area contributed by atoms with E-state index in [2.05, 4.69) is 41.3 Å². The summed E-state index contributed by atoms with van der Waals surface area (Å²) in [6.45, 7) is 8.82. The highest BCUT2D eigenvalue weighted by atomic mass is 16.5. The summed E-state index contributed by atoms with van der Waals surface area (Å²) in [4.78, 5) is 19.6. The van der Waals surface area contributed by atoms with E-state index in [1.165, 1.54) is 6.42 Å². The number of carbonyl (C=O) groups excluding carboxylic acids is 1. The molecule has 172 valence electrons. The number of amides is 2. The minimum atomic E-state index is -0.278. The van der Waals surface area contributed by atoms with Crippen molar-refractivity contribution in [3.05, 3.63) is 84.2 Å². The first-order valence-corrected chi connectivity index (χ1v) is 11.4. The molecule has 33 heavy (non-hydrogen) atoms. The Labute approximate surface area is 196 Å². The number of ether oxygens (including phenoxy) is 1. The zero-order valence-electron chi connectivity index (χ0n) is 19.5. The molecule has 6 heteroatoms. The third-order valence-electron chi connectivity index (χ3n) is 5.83. The molecule has 1 saturated heterocycles. The lowest BCUT2D eigenvalue weighted by atomic mass is 9.83. The van der Waals surface area contributed by atoms with Crippen LogP contribution in [0.4, 0.5) is 16.2 Å². The fourth-order valence-corrected chi connectivity index (χ4v) is 3.88. The molecule has 1 atom stereocenters. The van der Waals surface area contributed by atoms with E-state index in [-0.39, 0.29) is 17.5 Å². The number of hydrogen-bond acceptors (Lipinski definition) is 4. The standard InChI is InChI=1S/C27H32N4O2/c1-27(2,3)25(21-11-7-14-28-18-21)30-26(32)29-23-13-12-22(31-15-8-16-31)17-24(23)33-19-20-9-5-4-6-10-20/h4-7,9-14,17-18,25H,8,15-16,19H2,1-3H3,(H2,29,30,32). The van der Waals surface area contributed by atoms with Gasteiger partial charge in [-0.05, 0) is 41.2 Å². The molecular weight excluding hydrogens is 412 g/mol. The number of hydrogen-bond donors (Lipinski definition) is 2. The number of benzene rings is 2. The first-order chi connectivity index (χ1) is 15.9. The quantitative estimate of drug-likeness (QED) is 0.485. The number of pyridine rings is 1. The highest BCUT2D eigenvalue weighted by Crippen LogP contribution is 2.34. The summed E-state index contributed by atoms with van der Waals surface area (Å²) in [5.74, 6) is 0.659. The normalized spacial score (nSPS) is 14.2. The molecule has 2 N–H and O–H groups in total. The molecule has 4 rings (SSSR count). The van der Waals surface area contributed by atoms with Crippen LogP contribution in [-0.2, 0) is 6.61 Å². The van der Waals surface area contributed by atoms with Gasteiger partial charge >= 0.3 is 6.03 Å². The fraction of sp³-hybridized carbons (Fsp3) is 0.333. The first kappa shape index (κ1) is 22.6. The van der Waals surface area contributed by atoms with E-state index in [1.807, 2.05) is 60.7 Å². The van der Waals surface area contributed by atoms with E-state index >= 15 is 0 Å². The Morgan fingerprint density at radius 2 is 1.88 bits per heavy atom. The topological polar surface area (TPSA) is 66.5 Å². The van der Waals surface area contributed by atoms with Crippen molar-refractivity contribution in [2.75, 3.05) is 23.3 Å². The van der Waals surface area contributed by atoms with Crippen LogP contribution in [-0.4, -0.2) is 24.1 Å². The minimum absolute atomic E-state index is 0.186. The van der Waals surface area contributed by atoms with E-state index in [9.17, 15) is 4.79 Å². The van der Waals surface area contributed by atoms with Gasteiger partial charge in [-0.3, -0.25) is 4.98 Å². The summed E-state index contributed by atoms with van der Waals surface area (Å²) < 4.78 is 6.16. The van der Waals surface area contributed by atoms with Crippen LogP contribution in [0.15, 0.2) is 73.1 Å². The lowest BCUT2D eigenvalue weighted by molar-refractivity contribution is 0.229. The highest BCUT2D eigenvalue weighted by Gasteiger charge is 2.28. The van der Waals surface area contributed by atoms with Crippen molar-refractivity contribution >= 4 is 17.4 Å². The van der Waals surface area contributed by atoms with E-state index in [0.29, 0.717) is 18.0 Å². The second-order valence-electron chi connectivity index (χ2n) is 9.48. The van der Waals surface area contributed by atoms with Gasteiger partial charge in [0.1, 0.15) is 12.4 Å². The fourth-order valence-electron chi connectivity index (χ4n) is 3.88.